The molecule has 0 amide bonds. The standard InChI is InChI=1S/C11H16N2O3/c1-8-6-10(12-7-9(2)16-3)4-5-11(8)13(14)15/h4-6,9,12H,7H2,1-3H3. The molecule has 0 fully saturated rings. The smallest absolute Gasteiger partial charge is 0.272 e. The van der Waals surface area contributed by atoms with Gasteiger partial charge in [-0.25, -0.2) is 0 Å². The van der Waals surface area contributed by atoms with Crippen LogP contribution in [0.5, 0.6) is 0 Å². The average molecular weight is 224 g/mol. The Labute approximate surface area is 94.6 Å². The highest BCUT2D eigenvalue weighted by Gasteiger charge is 2.10. The molecule has 5 heteroatoms. The summed E-state index contributed by atoms with van der Waals surface area (Å²) in [7, 11) is 1.65. The molecule has 1 aromatic carbocycles. The number of hydrogen-bond acceptors (Lipinski definition) is 4. The van der Waals surface area contributed by atoms with Gasteiger partial charge in [-0.3, -0.25) is 10.1 Å². The van der Waals surface area contributed by atoms with E-state index in [9.17, 15) is 10.1 Å². The Morgan fingerprint density at radius 3 is 2.75 bits per heavy atom. The summed E-state index contributed by atoms with van der Waals surface area (Å²) >= 11 is 0. The van der Waals surface area contributed by atoms with Crippen LogP contribution in [0.3, 0.4) is 0 Å². The van der Waals surface area contributed by atoms with Crippen molar-refractivity contribution in [3.8, 4) is 0 Å². The zero-order valence-electron chi connectivity index (χ0n) is 9.69. The molecule has 0 spiro atoms. The molecule has 16 heavy (non-hydrogen) atoms. The Hall–Kier alpha value is -1.62. The van der Waals surface area contributed by atoms with Crippen LogP contribution in [-0.4, -0.2) is 24.7 Å². The molecule has 0 radical (unpaired) electrons. The third kappa shape index (κ3) is 3.20. The van der Waals surface area contributed by atoms with Gasteiger partial charge in [-0.2, -0.15) is 0 Å². The van der Waals surface area contributed by atoms with Crippen LogP contribution in [0.1, 0.15) is 12.5 Å². The van der Waals surface area contributed by atoms with Gasteiger partial charge >= 0.3 is 0 Å². The lowest BCUT2D eigenvalue weighted by Gasteiger charge is -2.12. The van der Waals surface area contributed by atoms with Crippen LogP contribution >= 0.6 is 0 Å². The normalized spacial score (nSPS) is 12.2. The number of nitrogens with one attached hydrogen (secondary N) is 1. The van der Waals surface area contributed by atoms with Gasteiger partial charge in [0.1, 0.15) is 0 Å². The van der Waals surface area contributed by atoms with Crippen LogP contribution in [0.2, 0.25) is 0 Å². The first-order valence-corrected chi connectivity index (χ1v) is 5.06. The van der Waals surface area contributed by atoms with E-state index in [1.54, 1.807) is 26.2 Å². The van der Waals surface area contributed by atoms with Crippen molar-refractivity contribution in [3.63, 3.8) is 0 Å². The van der Waals surface area contributed by atoms with Crippen molar-refractivity contribution < 1.29 is 9.66 Å². The second kappa shape index (κ2) is 5.46. The van der Waals surface area contributed by atoms with Crippen LogP contribution in [-0.2, 0) is 4.74 Å². The monoisotopic (exact) mass is 224 g/mol. The molecular formula is C11H16N2O3. The second-order valence-electron chi connectivity index (χ2n) is 3.69. The molecule has 1 N–H and O–H groups in total. The summed E-state index contributed by atoms with van der Waals surface area (Å²) in [5.74, 6) is 0. The first-order chi connectivity index (χ1) is 7.54. The van der Waals surface area contributed by atoms with E-state index in [2.05, 4.69) is 5.32 Å². The maximum Gasteiger partial charge on any atom is 0.272 e. The van der Waals surface area contributed by atoms with E-state index in [4.69, 9.17) is 4.74 Å². The summed E-state index contributed by atoms with van der Waals surface area (Å²) in [5, 5.41) is 13.8. The number of nitrogens with zero attached hydrogens (tertiary/aromatic N) is 1. The molecule has 0 heterocycles. The molecule has 0 aliphatic rings. The average Bonchev–Trinajstić information content (AvgIpc) is 2.25. The summed E-state index contributed by atoms with van der Waals surface area (Å²) in [4.78, 5) is 10.2. The van der Waals surface area contributed by atoms with Crippen molar-refractivity contribution in [1.29, 1.82) is 0 Å². The highest BCUT2D eigenvalue weighted by atomic mass is 16.6. The number of nitro groups is 1. The lowest BCUT2D eigenvalue weighted by molar-refractivity contribution is -0.385. The molecule has 0 aliphatic carbocycles. The number of nitro benzene ring substituents is 1. The van der Waals surface area contributed by atoms with Crippen LogP contribution in [0, 0.1) is 17.0 Å². The topological polar surface area (TPSA) is 64.4 Å². The fourth-order valence-corrected chi connectivity index (χ4v) is 1.32. The van der Waals surface area contributed by atoms with Crippen LogP contribution in [0.15, 0.2) is 18.2 Å². The molecule has 5 nitrogen and oxygen atoms in total. The zero-order chi connectivity index (χ0) is 12.1. The van der Waals surface area contributed by atoms with Crippen molar-refractivity contribution in [1.82, 2.24) is 0 Å². The third-order valence-electron chi connectivity index (χ3n) is 2.39. The minimum Gasteiger partial charge on any atom is -0.382 e. The Morgan fingerprint density at radius 1 is 1.56 bits per heavy atom. The Balaban J connectivity index is 2.70. The minimum atomic E-state index is -0.378. The fourth-order valence-electron chi connectivity index (χ4n) is 1.32. The summed E-state index contributed by atoms with van der Waals surface area (Å²) < 4.78 is 5.09. The van der Waals surface area contributed by atoms with Gasteiger partial charge in [0.15, 0.2) is 0 Å². The van der Waals surface area contributed by atoms with Crippen LogP contribution in [0.4, 0.5) is 11.4 Å². The molecule has 0 saturated heterocycles. The lowest BCUT2D eigenvalue weighted by Crippen LogP contribution is -2.18. The van der Waals surface area contributed by atoms with Gasteiger partial charge in [-0.1, -0.05) is 0 Å². The number of ether oxygens (including phenoxy) is 1. The zero-order valence-corrected chi connectivity index (χ0v) is 9.69. The largest absolute Gasteiger partial charge is 0.382 e. The van der Waals surface area contributed by atoms with Crippen molar-refractivity contribution in [2.45, 2.75) is 20.0 Å². The SMILES string of the molecule is COC(C)CNc1ccc([N+](=O)[O-])c(C)c1. The van der Waals surface area contributed by atoms with E-state index in [0.717, 1.165) is 5.69 Å². The first kappa shape index (κ1) is 12.4. The molecule has 1 atom stereocenters. The first-order valence-electron chi connectivity index (χ1n) is 5.06. The van der Waals surface area contributed by atoms with E-state index in [1.807, 2.05) is 6.92 Å². The van der Waals surface area contributed by atoms with Gasteiger partial charge in [-0.05, 0) is 26.0 Å². The maximum absolute atomic E-state index is 10.6. The molecular weight excluding hydrogens is 208 g/mol. The number of aryl methyl sites for hydroxylation is 1. The number of methoxy groups -OCH3 is 1. The van der Waals surface area contributed by atoms with Gasteiger partial charge in [0, 0.05) is 31.0 Å². The van der Waals surface area contributed by atoms with Crippen molar-refractivity contribution in [2.75, 3.05) is 19.0 Å². The van der Waals surface area contributed by atoms with Gasteiger partial charge in [-0.15, -0.1) is 0 Å². The number of hydrogen-bond donors (Lipinski definition) is 1. The molecule has 1 unspecified atom stereocenters. The molecule has 0 aromatic heterocycles. The van der Waals surface area contributed by atoms with Crippen molar-refractivity contribution in [3.05, 3.63) is 33.9 Å². The van der Waals surface area contributed by atoms with Gasteiger partial charge in [0.05, 0.1) is 11.0 Å². The quantitative estimate of drug-likeness (QED) is 0.616. The molecule has 0 saturated carbocycles. The number of anilines is 1. The Kier molecular flexibility index (Phi) is 4.25. The maximum atomic E-state index is 10.6. The van der Waals surface area contributed by atoms with Crippen LogP contribution in [0.25, 0.3) is 0 Å². The minimum absolute atomic E-state index is 0.107. The highest BCUT2D eigenvalue weighted by Crippen LogP contribution is 2.21. The molecule has 0 bridgehead atoms. The van der Waals surface area contributed by atoms with E-state index in [-0.39, 0.29) is 16.7 Å². The summed E-state index contributed by atoms with van der Waals surface area (Å²) in [5.41, 5.74) is 1.66. The van der Waals surface area contributed by atoms with E-state index in [1.165, 1.54) is 6.07 Å². The summed E-state index contributed by atoms with van der Waals surface area (Å²) in [6.07, 6.45) is 0.107. The van der Waals surface area contributed by atoms with Crippen molar-refractivity contribution >= 4 is 11.4 Å². The number of rotatable bonds is 5. The predicted octanol–water partition coefficient (Wildman–Crippen LogP) is 2.35. The van der Waals surface area contributed by atoms with Crippen molar-refractivity contribution in [2.24, 2.45) is 0 Å². The van der Waals surface area contributed by atoms with E-state index in [0.29, 0.717) is 12.1 Å². The highest BCUT2D eigenvalue weighted by molar-refractivity contribution is 5.53. The van der Waals surface area contributed by atoms with E-state index < -0.39 is 0 Å². The summed E-state index contributed by atoms with van der Waals surface area (Å²) in [6, 6.07) is 4.98. The second-order valence-corrected chi connectivity index (χ2v) is 3.69. The van der Waals surface area contributed by atoms with Crippen LogP contribution < -0.4 is 5.32 Å². The van der Waals surface area contributed by atoms with E-state index >= 15 is 0 Å². The molecule has 1 aromatic rings. The third-order valence-corrected chi connectivity index (χ3v) is 2.39. The molecule has 88 valence electrons. The van der Waals surface area contributed by atoms with Gasteiger partial charge in [0.25, 0.3) is 5.69 Å². The Bertz CT molecular complexity index is 379. The lowest BCUT2D eigenvalue weighted by atomic mass is 10.2. The molecule has 1 rings (SSSR count). The van der Waals surface area contributed by atoms with Gasteiger partial charge in [0.2, 0.25) is 0 Å². The predicted molar refractivity (Wildman–Crippen MR) is 62.8 cm³/mol. The number of benzene rings is 1. The molecule has 0 aliphatic heterocycles. The van der Waals surface area contributed by atoms with Gasteiger partial charge < -0.3 is 10.1 Å². The fraction of sp³-hybridized carbons (Fsp3) is 0.455. The Morgan fingerprint density at radius 2 is 2.25 bits per heavy atom. The summed E-state index contributed by atoms with van der Waals surface area (Å²) in [6.45, 7) is 4.35.